The molecule has 134 valence electrons. The summed E-state index contributed by atoms with van der Waals surface area (Å²) in [5, 5.41) is 10.0. The summed E-state index contributed by atoms with van der Waals surface area (Å²) >= 11 is 0. The van der Waals surface area contributed by atoms with E-state index in [1.165, 1.54) is 5.56 Å². The molecule has 0 aliphatic rings. The Hall–Kier alpha value is -3.15. The SMILES string of the molecule is Cc1noc(CCNC(=O)c2ccccc2Nc2cccc(C)c2C)n1. The first-order chi connectivity index (χ1) is 12.5. The number of hydrogen-bond acceptors (Lipinski definition) is 5. The van der Waals surface area contributed by atoms with Crippen LogP contribution in [0.4, 0.5) is 11.4 Å². The number of nitrogens with zero attached hydrogens (tertiary/aromatic N) is 2. The summed E-state index contributed by atoms with van der Waals surface area (Å²) in [5.41, 5.74) is 4.72. The Kier molecular flexibility index (Phi) is 5.31. The molecule has 26 heavy (non-hydrogen) atoms. The first-order valence-corrected chi connectivity index (χ1v) is 8.54. The van der Waals surface area contributed by atoms with Gasteiger partial charge >= 0.3 is 0 Å². The first-order valence-electron chi connectivity index (χ1n) is 8.54. The van der Waals surface area contributed by atoms with E-state index in [4.69, 9.17) is 4.52 Å². The number of nitrogens with one attached hydrogen (secondary N) is 2. The van der Waals surface area contributed by atoms with Crippen molar-refractivity contribution >= 4 is 17.3 Å². The van der Waals surface area contributed by atoms with Crippen LogP contribution >= 0.6 is 0 Å². The fourth-order valence-electron chi connectivity index (χ4n) is 2.64. The second-order valence-corrected chi connectivity index (χ2v) is 6.16. The Balaban J connectivity index is 1.69. The average molecular weight is 350 g/mol. The van der Waals surface area contributed by atoms with Crippen LogP contribution in [0.1, 0.15) is 33.2 Å². The van der Waals surface area contributed by atoms with Crippen LogP contribution in [-0.2, 0) is 6.42 Å². The molecule has 2 aromatic carbocycles. The zero-order chi connectivity index (χ0) is 18.5. The van der Waals surface area contributed by atoms with Crippen molar-refractivity contribution in [2.75, 3.05) is 11.9 Å². The van der Waals surface area contributed by atoms with E-state index in [0.717, 1.165) is 16.9 Å². The molecule has 1 amide bonds. The largest absolute Gasteiger partial charge is 0.355 e. The van der Waals surface area contributed by atoms with Gasteiger partial charge in [-0.05, 0) is 50.1 Å². The van der Waals surface area contributed by atoms with Crippen LogP contribution in [0, 0.1) is 20.8 Å². The molecular formula is C20H22N4O2. The van der Waals surface area contributed by atoms with E-state index >= 15 is 0 Å². The van der Waals surface area contributed by atoms with Crippen LogP contribution in [0.25, 0.3) is 0 Å². The van der Waals surface area contributed by atoms with Gasteiger partial charge in [-0.1, -0.05) is 29.4 Å². The summed E-state index contributed by atoms with van der Waals surface area (Å²) in [7, 11) is 0. The number of aromatic nitrogens is 2. The molecule has 0 fully saturated rings. The predicted molar refractivity (Wildman–Crippen MR) is 101 cm³/mol. The number of carbonyl (C=O) groups is 1. The van der Waals surface area contributed by atoms with Gasteiger partial charge in [0.05, 0.1) is 11.3 Å². The van der Waals surface area contributed by atoms with Crippen molar-refractivity contribution in [3.05, 3.63) is 70.9 Å². The number of aryl methyl sites for hydroxylation is 2. The van der Waals surface area contributed by atoms with Gasteiger partial charge in [-0.2, -0.15) is 4.98 Å². The zero-order valence-corrected chi connectivity index (χ0v) is 15.2. The standard InChI is InChI=1S/C20H22N4O2/c1-13-7-6-10-17(14(13)2)23-18-9-5-4-8-16(18)20(25)21-12-11-19-22-15(3)24-26-19/h4-10,23H,11-12H2,1-3H3,(H,21,25). The van der Waals surface area contributed by atoms with Crippen LogP contribution < -0.4 is 10.6 Å². The first kappa shape index (κ1) is 17.7. The van der Waals surface area contributed by atoms with Gasteiger partial charge in [0.25, 0.3) is 5.91 Å². The summed E-state index contributed by atoms with van der Waals surface area (Å²) in [6.07, 6.45) is 0.499. The van der Waals surface area contributed by atoms with Crippen molar-refractivity contribution in [1.82, 2.24) is 15.5 Å². The highest BCUT2D eigenvalue weighted by molar-refractivity contribution is 6.00. The van der Waals surface area contributed by atoms with E-state index < -0.39 is 0 Å². The summed E-state index contributed by atoms with van der Waals surface area (Å²) < 4.78 is 5.05. The molecule has 6 heteroatoms. The molecule has 3 aromatic rings. The van der Waals surface area contributed by atoms with E-state index in [1.807, 2.05) is 30.3 Å². The molecule has 6 nitrogen and oxygen atoms in total. The van der Waals surface area contributed by atoms with Crippen LogP contribution in [0.2, 0.25) is 0 Å². The third kappa shape index (κ3) is 4.08. The lowest BCUT2D eigenvalue weighted by Gasteiger charge is -2.15. The van der Waals surface area contributed by atoms with Crippen LogP contribution in [0.15, 0.2) is 47.0 Å². The van der Waals surface area contributed by atoms with E-state index in [2.05, 4.69) is 40.7 Å². The molecule has 0 radical (unpaired) electrons. The highest BCUT2D eigenvalue weighted by Crippen LogP contribution is 2.25. The van der Waals surface area contributed by atoms with Gasteiger partial charge in [0, 0.05) is 18.7 Å². The van der Waals surface area contributed by atoms with Gasteiger partial charge in [0.2, 0.25) is 5.89 Å². The maximum absolute atomic E-state index is 12.6. The lowest BCUT2D eigenvalue weighted by molar-refractivity contribution is 0.0954. The minimum atomic E-state index is -0.144. The quantitative estimate of drug-likeness (QED) is 0.708. The molecule has 2 N–H and O–H groups in total. The van der Waals surface area contributed by atoms with Crippen molar-refractivity contribution in [3.8, 4) is 0 Å². The number of anilines is 2. The topological polar surface area (TPSA) is 80.0 Å². The lowest BCUT2D eigenvalue weighted by atomic mass is 10.1. The number of para-hydroxylation sites is 1. The summed E-state index contributed by atoms with van der Waals surface area (Å²) in [4.78, 5) is 16.7. The second-order valence-electron chi connectivity index (χ2n) is 6.16. The fraction of sp³-hybridized carbons (Fsp3) is 0.250. The molecule has 1 aromatic heterocycles. The Labute approximate surface area is 152 Å². The smallest absolute Gasteiger partial charge is 0.253 e. The molecule has 0 aliphatic carbocycles. The number of benzene rings is 2. The Morgan fingerprint density at radius 3 is 2.58 bits per heavy atom. The molecule has 0 unspecified atom stereocenters. The van der Waals surface area contributed by atoms with Gasteiger partial charge in [0.15, 0.2) is 5.82 Å². The van der Waals surface area contributed by atoms with Crippen LogP contribution in [0.3, 0.4) is 0 Å². The number of carbonyl (C=O) groups excluding carboxylic acids is 1. The van der Waals surface area contributed by atoms with Crippen molar-refractivity contribution in [1.29, 1.82) is 0 Å². The van der Waals surface area contributed by atoms with Crippen molar-refractivity contribution in [3.63, 3.8) is 0 Å². The monoisotopic (exact) mass is 350 g/mol. The van der Waals surface area contributed by atoms with E-state index in [1.54, 1.807) is 13.0 Å². The van der Waals surface area contributed by atoms with E-state index in [0.29, 0.717) is 30.2 Å². The number of amides is 1. The highest BCUT2D eigenvalue weighted by Gasteiger charge is 2.12. The van der Waals surface area contributed by atoms with E-state index in [9.17, 15) is 4.79 Å². The van der Waals surface area contributed by atoms with Gasteiger partial charge in [0.1, 0.15) is 0 Å². The Morgan fingerprint density at radius 2 is 1.81 bits per heavy atom. The minimum Gasteiger partial charge on any atom is -0.355 e. The van der Waals surface area contributed by atoms with Crippen LogP contribution in [-0.4, -0.2) is 22.6 Å². The molecule has 0 spiro atoms. The lowest BCUT2D eigenvalue weighted by Crippen LogP contribution is -2.26. The third-order valence-corrected chi connectivity index (χ3v) is 4.24. The summed E-state index contributed by atoms with van der Waals surface area (Å²) in [6, 6.07) is 13.5. The zero-order valence-electron chi connectivity index (χ0n) is 15.2. The number of hydrogen-bond donors (Lipinski definition) is 2. The molecule has 0 saturated heterocycles. The van der Waals surface area contributed by atoms with E-state index in [-0.39, 0.29) is 5.91 Å². The number of rotatable bonds is 6. The van der Waals surface area contributed by atoms with Gasteiger partial charge < -0.3 is 15.2 Å². The average Bonchev–Trinajstić information content (AvgIpc) is 3.04. The molecule has 0 atom stereocenters. The molecule has 0 saturated carbocycles. The summed E-state index contributed by atoms with van der Waals surface area (Å²) in [6.45, 7) is 6.32. The van der Waals surface area contributed by atoms with Crippen molar-refractivity contribution < 1.29 is 9.32 Å². The highest BCUT2D eigenvalue weighted by atomic mass is 16.5. The third-order valence-electron chi connectivity index (χ3n) is 4.24. The molecular weight excluding hydrogens is 328 g/mol. The normalized spacial score (nSPS) is 10.6. The minimum absolute atomic E-state index is 0.144. The molecule has 1 heterocycles. The van der Waals surface area contributed by atoms with Gasteiger partial charge in [-0.15, -0.1) is 0 Å². The Morgan fingerprint density at radius 1 is 1.04 bits per heavy atom. The van der Waals surface area contributed by atoms with Crippen molar-refractivity contribution in [2.24, 2.45) is 0 Å². The molecule has 0 bridgehead atoms. The van der Waals surface area contributed by atoms with Gasteiger partial charge in [-0.25, -0.2) is 0 Å². The van der Waals surface area contributed by atoms with Crippen LogP contribution in [0.5, 0.6) is 0 Å². The maximum atomic E-state index is 12.6. The maximum Gasteiger partial charge on any atom is 0.253 e. The molecule has 0 aliphatic heterocycles. The van der Waals surface area contributed by atoms with Crippen molar-refractivity contribution in [2.45, 2.75) is 27.2 Å². The fourth-order valence-corrected chi connectivity index (χ4v) is 2.64. The second kappa shape index (κ2) is 7.82. The molecule has 3 rings (SSSR count). The predicted octanol–water partition coefficient (Wildman–Crippen LogP) is 3.71. The summed E-state index contributed by atoms with van der Waals surface area (Å²) in [5.74, 6) is 0.966. The van der Waals surface area contributed by atoms with Gasteiger partial charge in [-0.3, -0.25) is 4.79 Å². The Bertz CT molecular complexity index is 918.